The van der Waals surface area contributed by atoms with Crippen molar-refractivity contribution in [1.82, 2.24) is 9.88 Å². The number of aryl methyl sites for hydroxylation is 1. The molecule has 0 saturated heterocycles. The summed E-state index contributed by atoms with van der Waals surface area (Å²) >= 11 is 0. The Hall–Kier alpha value is -1.81. The molecule has 0 atom stereocenters. The highest BCUT2D eigenvalue weighted by atomic mass is 16.5. The fraction of sp³-hybridized carbons (Fsp3) is 0.667. The summed E-state index contributed by atoms with van der Waals surface area (Å²) in [6, 6.07) is 6.31. The Bertz CT molecular complexity index is 795. The number of hydrogen-bond acceptors (Lipinski definition) is 4. The number of nitrogens with zero attached hydrogens (tertiary/aromatic N) is 2. The number of benzene rings is 1. The van der Waals surface area contributed by atoms with E-state index in [0.29, 0.717) is 0 Å². The summed E-state index contributed by atoms with van der Waals surface area (Å²) in [5.41, 5.74) is 5.03. The lowest BCUT2D eigenvalue weighted by molar-refractivity contribution is 0.261. The van der Waals surface area contributed by atoms with Crippen LogP contribution in [0.1, 0.15) is 82.9 Å². The van der Waals surface area contributed by atoms with Gasteiger partial charge in [0.25, 0.3) is 0 Å². The highest BCUT2D eigenvalue weighted by Crippen LogP contribution is 2.36. The standard InChI is InChI=1S/C27H43N3O/c1-4-6-10-19-30(20-11-7-5-2)21-13-18-28-26-22-14-8-9-16-24(22)29-27-23(26)15-12-17-25(27)31-3/h12,15,17H,4-11,13-14,16,18-21H2,1-3H3,(H,28,29). The maximum Gasteiger partial charge on any atom is 0.145 e. The number of aromatic nitrogens is 1. The molecule has 0 fully saturated rings. The van der Waals surface area contributed by atoms with E-state index in [2.05, 4.69) is 36.2 Å². The summed E-state index contributed by atoms with van der Waals surface area (Å²) in [6.07, 6.45) is 13.9. The molecule has 0 radical (unpaired) electrons. The van der Waals surface area contributed by atoms with Crippen molar-refractivity contribution in [2.75, 3.05) is 38.6 Å². The Labute approximate surface area is 189 Å². The molecule has 1 aliphatic rings. The number of nitrogens with one attached hydrogen (secondary N) is 1. The highest BCUT2D eigenvalue weighted by molar-refractivity contribution is 5.96. The molecule has 31 heavy (non-hydrogen) atoms. The number of fused-ring (bicyclic) bond motifs is 2. The number of ether oxygens (including phenoxy) is 1. The molecule has 1 aromatic carbocycles. The van der Waals surface area contributed by atoms with Crippen LogP contribution in [0.3, 0.4) is 0 Å². The molecule has 1 aliphatic carbocycles. The van der Waals surface area contributed by atoms with E-state index in [4.69, 9.17) is 9.72 Å². The maximum atomic E-state index is 5.63. The minimum atomic E-state index is 0.881. The fourth-order valence-corrected chi connectivity index (χ4v) is 4.81. The summed E-state index contributed by atoms with van der Waals surface area (Å²) in [4.78, 5) is 7.70. The molecule has 1 aromatic heterocycles. The molecular weight excluding hydrogens is 382 g/mol. The van der Waals surface area contributed by atoms with Crippen molar-refractivity contribution in [3.63, 3.8) is 0 Å². The monoisotopic (exact) mass is 425 g/mol. The Morgan fingerprint density at radius 1 is 0.935 bits per heavy atom. The molecule has 1 N–H and O–H groups in total. The third kappa shape index (κ3) is 6.58. The van der Waals surface area contributed by atoms with Gasteiger partial charge in [0.05, 0.1) is 7.11 Å². The number of rotatable bonds is 14. The van der Waals surface area contributed by atoms with E-state index in [9.17, 15) is 0 Å². The van der Waals surface area contributed by atoms with E-state index < -0.39 is 0 Å². The zero-order chi connectivity index (χ0) is 21.9. The summed E-state index contributed by atoms with van der Waals surface area (Å²) < 4.78 is 5.63. The van der Waals surface area contributed by atoms with Crippen LogP contribution in [-0.4, -0.2) is 43.2 Å². The SMILES string of the molecule is CCCCCN(CCCCC)CCCNc1c2c(nc3c(OC)cccc13)CCCC2. The van der Waals surface area contributed by atoms with Crippen molar-refractivity contribution in [1.29, 1.82) is 0 Å². The number of pyridine rings is 1. The number of methoxy groups -OCH3 is 1. The Balaban J connectivity index is 1.66. The molecule has 0 aliphatic heterocycles. The fourth-order valence-electron chi connectivity index (χ4n) is 4.81. The summed E-state index contributed by atoms with van der Waals surface area (Å²) in [7, 11) is 1.74. The van der Waals surface area contributed by atoms with Gasteiger partial charge in [0.1, 0.15) is 11.3 Å². The minimum Gasteiger partial charge on any atom is -0.494 e. The predicted molar refractivity (Wildman–Crippen MR) is 134 cm³/mol. The van der Waals surface area contributed by atoms with Crippen LogP contribution in [0.25, 0.3) is 10.9 Å². The lowest BCUT2D eigenvalue weighted by atomic mass is 9.92. The molecular formula is C27H43N3O. The van der Waals surface area contributed by atoms with Crippen molar-refractivity contribution in [2.45, 2.75) is 84.5 Å². The van der Waals surface area contributed by atoms with Gasteiger partial charge in [-0.15, -0.1) is 0 Å². The Kier molecular flexibility index (Phi) is 9.92. The molecule has 0 amide bonds. The van der Waals surface area contributed by atoms with Gasteiger partial charge in [-0.1, -0.05) is 51.7 Å². The van der Waals surface area contributed by atoms with Gasteiger partial charge in [-0.05, 0) is 76.2 Å². The number of unbranched alkanes of at least 4 members (excludes halogenated alkanes) is 4. The molecule has 172 valence electrons. The first-order chi connectivity index (χ1) is 15.3. The van der Waals surface area contributed by atoms with E-state index >= 15 is 0 Å². The third-order valence-corrected chi connectivity index (χ3v) is 6.58. The van der Waals surface area contributed by atoms with Crippen LogP contribution >= 0.6 is 0 Å². The van der Waals surface area contributed by atoms with E-state index in [1.54, 1.807) is 7.11 Å². The summed E-state index contributed by atoms with van der Waals surface area (Å²) in [5.74, 6) is 0.881. The zero-order valence-corrected chi connectivity index (χ0v) is 20.1. The molecule has 2 aromatic rings. The first kappa shape index (κ1) is 23.8. The topological polar surface area (TPSA) is 37.4 Å². The van der Waals surface area contributed by atoms with Gasteiger partial charge in [-0.2, -0.15) is 0 Å². The lowest BCUT2D eigenvalue weighted by Crippen LogP contribution is -2.28. The second-order valence-corrected chi connectivity index (χ2v) is 9.01. The van der Waals surface area contributed by atoms with Crippen molar-refractivity contribution in [3.8, 4) is 5.75 Å². The Morgan fingerprint density at radius 3 is 2.35 bits per heavy atom. The smallest absolute Gasteiger partial charge is 0.145 e. The molecule has 1 heterocycles. The second-order valence-electron chi connectivity index (χ2n) is 9.01. The molecule has 0 bridgehead atoms. The van der Waals surface area contributed by atoms with E-state index in [1.807, 2.05) is 6.07 Å². The van der Waals surface area contributed by atoms with Crippen molar-refractivity contribution >= 4 is 16.6 Å². The number of para-hydroxylation sites is 1. The normalized spacial score (nSPS) is 13.5. The first-order valence-corrected chi connectivity index (χ1v) is 12.7. The number of anilines is 1. The third-order valence-electron chi connectivity index (χ3n) is 6.58. The molecule has 0 unspecified atom stereocenters. The summed E-state index contributed by atoms with van der Waals surface area (Å²) in [6.45, 7) is 9.29. The van der Waals surface area contributed by atoms with Crippen molar-refractivity contribution < 1.29 is 4.74 Å². The van der Waals surface area contributed by atoms with Gasteiger partial charge >= 0.3 is 0 Å². The molecule has 0 spiro atoms. The van der Waals surface area contributed by atoms with Gasteiger partial charge in [0.15, 0.2) is 0 Å². The average Bonchev–Trinajstić information content (AvgIpc) is 2.80. The lowest BCUT2D eigenvalue weighted by Gasteiger charge is -2.24. The van der Waals surface area contributed by atoms with Crippen LogP contribution in [0, 0.1) is 0 Å². The average molecular weight is 426 g/mol. The van der Waals surface area contributed by atoms with Crippen molar-refractivity contribution in [2.24, 2.45) is 0 Å². The van der Waals surface area contributed by atoms with Gasteiger partial charge < -0.3 is 15.0 Å². The predicted octanol–water partition coefficient (Wildman–Crippen LogP) is 6.61. The zero-order valence-electron chi connectivity index (χ0n) is 20.1. The van der Waals surface area contributed by atoms with Gasteiger partial charge in [0.2, 0.25) is 0 Å². The first-order valence-electron chi connectivity index (χ1n) is 12.7. The maximum absolute atomic E-state index is 5.63. The largest absolute Gasteiger partial charge is 0.494 e. The van der Waals surface area contributed by atoms with E-state index in [1.165, 1.54) is 99.8 Å². The quantitative estimate of drug-likeness (QED) is 0.346. The molecule has 3 rings (SSSR count). The van der Waals surface area contributed by atoms with Crippen LogP contribution in [0.4, 0.5) is 5.69 Å². The van der Waals surface area contributed by atoms with E-state index in [0.717, 1.165) is 30.7 Å². The van der Waals surface area contributed by atoms with Crippen molar-refractivity contribution in [3.05, 3.63) is 29.5 Å². The van der Waals surface area contributed by atoms with Crippen LogP contribution in [-0.2, 0) is 12.8 Å². The van der Waals surface area contributed by atoms with Gasteiger partial charge in [-0.25, -0.2) is 4.98 Å². The molecule has 4 heteroatoms. The molecule has 4 nitrogen and oxygen atoms in total. The van der Waals surface area contributed by atoms with Crippen LogP contribution in [0.2, 0.25) is 0 Å². The minimum absolute atomic E-state index is 0.881. The van der Waals surface area contributed by atoms with Crippen LogP contribution in [0.15, 0.2) is 18.2 Å². The number of hydrogen-bond donors (Lipinski definition) is 1. The van der Waals surface area contributed by atoms with Gasteiger partial charge in [-0.3, -0.25) is 0 Å². The molecule has 0 saturated carbocycles. The second kappa shape index (κ2) is 12.9. The Morgan fingerprint density at radius 2 is 1.65 bits per heavy atom. The highest BCUT2D eigenvalue weighted by Gasteiger charge is 2.19. The summed E-state index contributed by atoms with van der Waals surface area (Å²) in [5, 5.41) is 5.05. The van der Waals surface area contributed by atoms with Gasteiger partial charge in [0, 0.05) is 23.3 Å². The van der Waals surface area contributed by atoms with E-state index in [-0.39, 0.29) is 0 Å². The van der Waals surface area contributed by atoms with Crippen LogP contribution in [0.5, 0.6) is 5.75 Å². The van der Waals surface area contributed by atoms with Crippen LogP contribution < -0.4 is 10.1 Å².